The van der Waals surface area contributed by atoms with Crippen LogP contribution in [0.25, 0.3) is 10.8 Å². The molecule has 0 bridgehead atoms. The van der Waals surface area contributed by atoms with E-state index in [1.165, 1.54) is 4.90 Å². The lowest BCUT2D eigenvalue weighted by molar-refractivity contribution is -0.0679. The van der Waals surface area contributed by atoms with Gasteiger partial charge in [-0.15, -0.1) is 0 Å². The Morgan fingerprint density at radius 2 is 1.70 bits per heavy atom. The van der Waals surface area contributed by atoms with Gasteiger partial charge >= 0.3 is 15.6 Å². The summed E-state index contributed by atoms with van der Waals surface area (Å²) in [5.41, 5.74) is -3.97. The van der Waals surface area contributed by atoms with Crippen LogP contribution in [0, 0.1) is 0 Å². The SMILES string of the molecule is CN1c2cccc3cccc(c23)[N+]2(CCCCC2)C1OS(=O)(=O)C(F)(F)F. The first-order chi connectivity index (χ1) is 12.7. The van der Waals surface area contributed by atoms with Gasteiger partial charge in [0.2, 0.25) is 0 Å². The highest BCUT2D eigenvalue weighted by Gasteiger charge is 2.56. The number of rotatable bonds is 2. The van der Waals surface area contributed by atoms with E-state index in [-0.39, 0.29) is 4.48 Å². The van der Waals surface area contributed by atoms with Gasteiger partial charge in [-0.3, -0.25) is 4.90 Å². The topological polar surface area (TPSA) is 46.6 Å². The van der Waals surface area contributed by atoms with Gasteiger partial charge in [0.1, 0.15) is 5.69 Å². The normalized spacial score (nSPS) is 22.4. The fourth-order valence-electron chi connectivity index (χ4n) is 4.39. The Hall–Kier alpha value is -1.84. The number of piperidine rings is 1. The van der Waals surface area contributed by atoms with Crippen LogP contribution in [0.4, 0.5) is 24.5 Å². The van der Waals surface area contributed by atoms with Crippen LogP contribution < -0.4 is 9.38 Å². The number of anilines is 1. The molecule has 2 aliphatic heterocycles. The first-order valence-corrected chi connectivity index (χ1v) is 10.2. The van der Waals surface area contributed by atoms with Crippen LogP contribution in [0.15, 0.2) is 36.4 Å². The maximum atomic E-state index is 13.1. The van der Waals surface area contributed by atoms with E-state index in [0.717, 1.165) is 35.7 Å². The largest absolute Gasteiger partial charge is 0.523 e. The minimum absolute atomic E-state index is 0.0557. The molecule has 2 aliphatic rings. The third kappa shape index (κ3) is 2.71. The second-order valence-corrected chi connectivity index (χ2v) is 8.69. The number of fused-ring (bicyclic) bond motifs is 1. The molecule has 146 valence electrons. The van der Waals surface area contributed by atoms with Crippen LogP contribution in [-0.2, 0) is 14.3 Å². The molecule has 1 saturated heterocycles. The zero-order valence-corrected chi connectivity index (χ0v) is 15.6. The van der Waals surface area contributed by atoms with Gasteiger partial charge in [0.25, 0.3) is 6.35 Å². The first-order valence-electron chi connectivity index (χ1n) is 8.79. The smallest absolute Gasteiger partial charge is 0.300 e. The summed E-state index contributed by atoms with van der Waals surface area (Å²) >= 11 is 0. The van der Waals surface area contributed by atoms with E-state index in [1.54, 1.807) is 19.2 Å². The molecule has 0 aliphatic carbocycles. The number of halogens is 3. The van der Waals surface area contributed by atoms with Crippen LogP contribution >= 0.6 is 0 Å². The molecule has 9 heteroatoms. The van der Waals surface area contributed by atoms with Crippen molar-refractivity contribution < 1.29 is 25.8 Å². The Bertz CT molecular complexity index is 980. The van der Waals surface area contributed by atoms with Gasteiger partial charge in [-0.05, 0) is 30.7 Å². The molecular formula is C18H20F3N2O3S+. The molecule has 0 N–H and O–H groups in total. The molecule has 1 fully saturated rings. The number of alkyl halides is 3. The number of hydrogen-bond donors (Lipinski definition) is 0. The highest BCUT2D eigenvalue weighted by Crippen LogP contribution is 2.47. The van der Waals surface area contributed by atoms with Crippen molar-refractivity contribution >= 4 is 32.3 Å². The molecule has 0 saturated carbocycles. The summed E-state index contributed by atoms with van der Waals surface area (Å²) in [6, 6.07) is 11.2. The van der Waals surface area contributed by atoms with Crippen molar-refractivity contribution in [3.8, 4) is 0 Å². The summed E-state index contributed by atoms with van der Waals surface area (Å²) in [6.45, 7) is 1.05. The zero-order valence-electron chi connectivity index (χ0n) is 14.7. The summed E-state index contributed by atoms with van der Waals surface area (Å²) in [4.78, 5) is 1.53. The summed E-state index contributed by atoms with van der Waals surface area (Å²) < 4.78 is 67.8. The van der Waals surface area contributed by atoms with Crippen molar-refractivity contribution in [3.05, 3.63) is 36.4 Å². The first kappa shape index (κ1) is 18.5. The Balaban J connectivity index is 1.94. The van der Waals surface area contributed by atoms with E-state index in [4.69, 9.17) is 4.18 Å². The lowest BCUT2D eigenvalue weighted by atomic mass is 9.97. The average Bonchev–Trinajstić information content (AvgIpc) is 2.63. The number of benzene rings is 2. The molecule has 1 spiro atoms. The lowest BCUT2D eigenvalue weighted by Gasteiger charge is -2.51. The lowest BCUT2D eigenvalue weighted by Crippen LogP contribution is -2.68. The monoisotopic (exact) mass is 401 g/mol. The molecule has 1 unspecified atom stereocenters. The molecule has 27 heavy (non-hydrogen) atoms. The van der Waals surface area contributed by atoms with E-state index >= 15 is 0 Å². The van der Waals surface area contributed by atoms with Crippen LogP contribution in [-0.4, -0.2) is 40.4 Å². The van der Waals surface area contributed by atoms with Gasteiger partial charge in [-0.1, -0.05) is 24.3 Å². The molecule has 2 heterocycles. The van der Waals surface area contributed by atoms with Crippen molar-refractivity contribution in [3.63, 3.8) is 0 Å². The zero-order chi connectivity index (χ0) is 19.4. The summed E-state index contributed by atoms with van der Waals surface area (Å²) in [5.74, 6) is 0. The summed E-state index contributed by atoms with van der Waals surface area (Å²) in [6.07, 6.45) is 1.24. The minimum Gasteiger partial charge on any atom is -0.300 e. The standard InChI is InChI=1S/C18H20F3N2O3S/c1-22-14-9-5-7-13-8-6-10-15(16(13)14)23(11-3-2-4-12-23)17(22)26-27(24,25)18(19,20)21/h5-10,17H,2-4,11-12H2,1H3/q+1. The summed E-state index contributed by atoms with van der Waals surface area (Å²) in [7, 11) is -4.14. The maximum absolute atomic E-state index is 13.1. The van der Waals surface area contributed by atoms with Gasteiger partial charge in [0.15, 0.2) is 0 Å². The third-order valence-corrected chi connectivity index (χ3v) is 6.58. The van der Waals surface area contributed by atoms with E-state index in [1.807, 2.05) is 24.3 Å². The molecule has 5 nitrogen and oxygen atoms in total. The summed E-state index contributed by atoms with van der Waals surface area (Å²) in [5, 5.41) is 1.91. The van der Waals surface area contributed by atoms with E-state index < -0.39 is 22.0 Å². The van der Waals surface area contributed by atoms with Crippen LogP contribution in [0.3, 0.4) is 0 Å². The van der Waals surface area contributed by atoms with Gasteiger partial charge in [0.05, 0.1) is 24.2 Å². The second-order valence-electron chi connectivity index (χ2n) is 7.13. The van der Waals surface area contributed by atoms with E-state index in [2.05, 4.69) is 0 Å². The third-order valence-electron chi connectivity index (χ3n) is 5.59. The minimum atomic E-state index is -5.73. The van der Waals surface area contributed by atoms with Gasteiger partial charge < -0.3 is 0 Å². The Morgan fingerprint density at radius 3 is 2.33 bits per heavy atom. The molecule has 2 aromatic rings. The number of quaternary nitrogens is 1. The number of hydrogen-bond acceptors (Lipinski definition) is 4. The van der Waals surface area contributed by atoms with Crippen LogP contribution in [0.2, 0.25) is 0 Å². The van der Waals surface area contributed by atoms with E-state index in [9.17, 15) is 21.6 Å². The molecule has 2 aromatic carbocycles. The van der Waals surface area contributed by atoms with Crippen molar-refractivity contribution in [2.75, 3.05) is 25.0 Å². The van der Waals surface area contributed by atoms with Gasteiger partial charge in [-0.2, -0.15) is 25.8 Å². The Kier molecular flexibility index (Phi) is 4.17. The molecular weight excluding hydrogens is 381 g/mol. The Morgan fingerprint density at radius 1 is 1.07 bits per heavy atom. The second kappa shape index (κ2) is 6.08. The van der Waals surface area contributed by atoms with Crippen molar-refractivity contribution in [2.45, 2.75) is 31.1 Å². The van der Waals surface area contributed by atoms with Gasteiger partial charge in [0, 0.05) is 13.1 Å². The highest BCUT2D eigenvalue weighted by atomic mass is 32.2. The van der Waals surface area contributed by atoms with Crippen LogP contribution in [0.1, 0.15) is 19.3 Å². The highest BCUT2D eigenvalue weighted by molar-refractivity contribution is 7.87. The number of nitrogens with zero attached hydrogens (tertiary/aromatic N) is 2. The van der Waals surface area contributed by atoms with Crippen molar-refractivity contribution in [2.24, 2.45) is 0 Å². The predicted octanol–water partition coefficient (Wildman–Crippen LogP) is 3.93. The van der Waals surface area contributed by atoms with Crippen LogP contribution in [0.5, 0.6) is 0 Å². The molecule has 0 aromatic heterocycles. The molecule has 0 radical (unpaired) electrons. The van der Waals surface area contributed by atoms with Crippen molar-refractivity contribution in [1.82, 2.24) is 4.48 Å². The fourth-order valence-corrected chi connectivity index (χ4v) is 5.02. The molecule has 1 atom stereocenters. The predicted molar refractivity (Wildman–Crippen MR) is 97.6 cm³/mol. The van der Waals surface area contributed by atoms with Crippen molar-refractivity contribution in [1.29, 1.82) is 0 Å². The van der Waals surface area contributed by atoms with E-state index in [0.29, 0.717) is 18.8 Å². The average molecular weight is 401 g/mol. The van der Waals surface area contributed by atoms with Gasteiger partial charge in [-0.25, -0.2) is 4.48 Å². The molecule has 0 amide bonds. The maximum Gasteiger partial charge on any atom is 0.523 e. The Labute approximate surface area is 155 Å². The quantitative estimate of drug-likeness (QED) is 0.435. The fraction of sp³-hybridized carbons (Fsp3) is 0.444. The molecule has 4 rings (SSSR count).